The molecule has 1 amide bonds. The molecule has 7 nitrogen and oxygen atoms in total. The lowest BCUT2D eigenvalue weighted by molar-refractivity contribution is -0.127. The molecule has 2 aromatic carbocycles. The van der Waals surface area contributed by atoms with Crippen LogP contribution in [0, 0.1) is 13.8 Å². The summed E-state index contributed by atoms with van der Waals surface area (Å²) in [5.74, 6) is 1.95. The predicted octanol–water partition coefficient (Wildman–Crippen LogP) is 3.45. The first-order valence-electron chi connectivity index (χ1n) is 8.95. The maximum atomic E-state index is 12.3. The molecule has 0 aliphatic carbocycles. The summed E-state index contributed by atoms with van der Waals surface area (Å²) in [4.78, 5) is 16.6. The number of nitrogens with one attached hydrogen (secondary N) is 1. The Bertz CT molecular complexity index is 951. The summed E-state index contributed by atoms with van der Waals surface area (Å²) in [5, 5.41) is 6.70. The number of hydrogen-bond donors (Lipinski definition) is 1. The smallest absolute Gasteiger partial charge is 0.261 e. The van der Waals surface area contributed by atoms with Gasteiger partial charge in [0.1, 0.15) is 11.5 Å². The lowest BCUT2D eigenvalue weighted by atomic mass is 10.1. The maximum absolute atomic E-state index is 12.3. The van der Waals surface area contributed by atoms with Crippen LogP contribution in [-0.2, 0) is 11.3 Å². The van der Waals surface area contributed by atoms with E-state index in [1.165, 1.54) is 0 Å². The van der Waals surface area contributed by atoms with Crippen molar-refractivity contribution in [2.24, 2.45) is 0 Å². The van der Waals surface area contributed by atoms with Crippen LogP contribution < -0.4 is 14.8 Å². The van der Waals surface area contributed by atoms with Gasteiger partial charge >= 0.3 is 0 Å². The summed E-state index contributed by atoms with van der Waals surface area (Å²) in [6, 6.07) is 13.2. The third kappa shape index (κ3) is 4.68. The molecule has 3 rings (SSSR count). The summed E-state index contributed by atoms with van der Waals surface area (Å²) < 4.78 is 16.1. The Balaban J connectivity index is 1.57. The van der Waals surface area contributed by atoms with Gasteiger partial charge in [0.25, 0.3) is 5.91 Å². The molecule has 1 heterocycles. The van der Waals surface area contributed by atoms with Crippen LogP contribution in [0.3, 0.4) is 0 Å². The van der Waals surface area contributed by atoms with Crippen LogP contribution >= 0.6 is 0 Å². The molecule has 28 heavy (non-hydrogen) atoms. The summed E-state index contributed by atoms with van der Waals surface area (Å²) in [6.07, 6.45) is -0.649. The van der Waals surface area contributed by atoms with E-state index in [-0.39, 0.29) is 12.5 Å². The number of methoxy groups -OCH3 is 1. The van der Waals surface area contributed by atoms with Gasteiger partial charge in [0.05, 0.1) is 13.7 Å². The topological polar surface area (TPSA) is 86.5 Å². The second-order valence-electron chi connectivity index (χ2n) is 6.49. The molecule has 3 aromatic rings. The summed E-state index contributed by atoms with van der Waals surface area (Å²) in [6.45, 7) is 5.75. The van der Waals surface area contributed by atoms with Gasteiger partial charge in [-0.2, -0.15) is 4.98 Å². The molecule has 1 atom stereocenters. The van der Waals surface area contributed by atoms with E-state index >= 15 is 0 Å². The van der Waals surface area contributed by atoms with Crippen molar-refractivity contribution in [3.05, 3.63) is 59.5 Å². The van der Waals surface area contributed by atoms with Gasteiger partial charge in [0.2, 0.25) is 11.7 Å². The number of rotatable bonds is 7. The van der Waals surface area contributed by atoms with E-state index in [0.29, 0.717) is 17.5 Å². The van der Waals surface area contributed by atoms with Crippen LogP contribution in [0.4, 0.5) is 0 Å². The number of ether oxygens (including phenoxy) is 2. The summed E-state index contributed by atoms with van der Waals surface area (Å²) >= 11 is 0. The van der Waals surface area contributed by atoms with E-state index in [4.69, 9.17) is 14.0 Å². The van der Waals surface area contributed by atoms with E-state index in [2.05, 4.69) is 15.5 Å². The Kier molecular flexibility index (Phi) is 5.93. The van der Waals surface area contributed by atoms with Crippen molar-refractivity contribution < 1.29 is 18.8 Å². The molecule has 0 bridgehead atoms. The van der Waals surface area contributed by atoms with Gasteiger partial charge < -0.3 is 19.3 Å². The van der Waals surface area contributed by atoms with E-state index in [1.54, 1.807) is 14.0 Å². The maximum Gasteiger partial charge on any atom is 0.261 e. The normalized spacial score (nSPS) is 11.7. The van der Waals surface area contributed by atoms with Crippen LogP contribution in [0.5, 0.6) is 11.5 Å². The SMILES string of the molecule is COc1ccc(-c2noc(CNC(=O)[C@H](C)Oc3cc(C)ccc3C)n2)cc1. The third-order valence-electron chi connectivity index (χ3n) is 4.25. The quantitative estimate of drug-likeness (QED) is 0.675. The zero-order chi connectivity index (χ0) is 20.1. The number of benzene rings is 2. The Morgan fingerprint density at radius 2 is 1.93 bits per heavy atom. The van der Waals surface area contributed by atoms with Crippen molar-refractivity contribution in [3.63, 3.8) is 0 Å². The standard InChI is InChI=1S/C21H23N3O4/c1-13-5-6-14(2)18(11-13)27-15(3)21(25)22-12-19-23-20(24-28-19)16-7-9-17(26-4)10-8-16/h5-11,15H,12H2,1-4H3,(H,22,25)/t15-/m0/s1. The van der Waals surface area contributed by atoms with Gasteiger partial charge in [-0.3, -0.25) is 4.79 Å². The van der Waals surface area contributed by atoms with Crippen molar-refractivity contribution >= 4 is 5.91 Å². The van der Waals surface area contributed by atoms with Crippen LogP contribution in [0.15, 0.2) is 47.0 Å². The Hall–Kier alpha value is -3.35. The molecule has 146 valence electrons. The highest BCUT2D eigenvalue weighted by atomic mass is 16.5. The number of aromatic nitrogens is 2. The second kappa shape index (κ2) is 8.56. The fraction of sp³-hybridized carbons (Fsp3) is 0.286. The lowest BCUT2D eigenvalue weighted by Crippen LogP contribution is -2.36. The first-order valence-corrected chi connectivity index (χ1v) is 8.95. The van der Waals surface area contributed by atoms with Crippen LogP contribution in [0.25, 0.3) is 11.4 Å². The summed E-state index contributed by atoms with van der Waals surface area (Å²) in [5.41, 5.74) is 2.85. The van der Waals surface area contributed by atoms with E-state index in [1.807, 2.05) is 56.3 Å². The van der Waals surface area contributed by atoms with Crippen molar-refractivity contribution in [2.45, 2.75) is 33.4 Å². The van der Waals surface area contributed by atoms with Gasteiger partial charge in [0.15, 0.2) is 6.10 Å². The highest BCUT2D eigenvalue weighted by Crippen LogP contribution is 2.21. The molecular weight excluding hydrogens is 358 g/mol. The summed E-state index contributed by atoms with van der Waals surface area (Å²) in [7, 11) is 1.61. The number of nitrogens with zero attached hydrogens (tertiary/aromatic N) is 2. The molecular formula is C21H23N3O4. The van der Waals surface area contributed by atoms with E-state index < -0.39 is 6.10 Å². The number of carbonyl (C=O) groups is 1. The lowest BCUT2D eigenvalue weighted by Gasteiger charge is -2.16. The number of carbonyl (C=O) groups excluding carboxylic acids is 1. The third-order valence-corrected chi connectivity index (χ3v) is 4.25. The van der Waals surface area contributed by atoms with Crippen molar-refractivity contribution in [3.8, 4) is 22.9 Å². The van der Waals surface area contributed by atoms with Crippen molar-refractivity contribution in [1.29, 1.82) is 0 Å². The number of hydrogen-bond acceptors (Lipinski definition) is 6. The molecule has 0 saturated carbocycles. The molecule has 7 heteroatoms. The van der Waals surface area contributed by atoms with Crippen LogP contribution in [0.2, 0.25) is 0 Å². The van der Waals surface area contributed by atoms with Crippen LogP contribution in [0.1, 0.15) is 23.9 Å². The van der Waals surface area contributed by atoms with Gasteiger partial charge in [0, 0.05) is 5.56 Å². The predicted molar refractivity (Wildman–Crippen MR) is 104 cm³/mol. The zero-order valence-electron chi connectivity index (χ0n) is 16.4. The van der Waals surface area contributed by atoms with Gasteiger partial charge in [-0.05, 0) is 62.2 Å². The molecule has 0 aliphatic heterocycles. The molecule has 0 aliphatic rings. The van der Waals surface area contributed by atoms with Crippen molar-refractivity contribution in [2.75, 3.05) is 7.11 Å². The minimum absolute atomic E-state index is 0.127. The fourth-order valence-corrected chi connectivity index (χ4v) is 2.57. The fourth-order valence-electron chi connectivity index (χ4n) is 2.57. The average Bonchev–Trinajstić information content (AvgIpc) is 3.18. The first-order chi connectivity index (χ1) is 13.5. The van der Waals surface area contributed by atoms with E-state index in [9.17, 15) is 4.79 Å². The average molecular weight is 381 g/mol. The highest BCUT2D eigenvalue weighted by molar-refractivity contribution is 5.80. The Morgan fingerprint density at radius 3 is 2.64 bits per heavy atom. The van der Waals surface area contributed by atoms with Gasteiger partial charge in [-0.15, -0.1) is 0 Å². The monoisotopic (exact) mass is 381 g/mol. The minimum Gasteiger partial charge on any atom is -0.497 e. The van der Waals surface area contributed by atoms with Crippen LogP contribution in [-0.4, -0.2) is 29.3 Å². The largest absolute Gasteiger partial charge is 0.497 e. The van der Waals surface area contributed by atoms with Crippen molar-refractivity contribution in [1.82, 2.24) is 15.5 Å². The molecule has 1 aromatic heterocycles. The molecule has 0 saturated heterocycles. The first kappa shape index (κ1) is 19.4. The number of amides is 1. The van der Waals surface area contributed by atoms with E-state index in [0.717, 1.165) is 22.4 Å². The van der Waals surface area contributed by atoms with Gasteiger partial charge in [-0.25, -0.2) is 0 Å². The second-order valence-corrected chi connectivity index (χ2v) is 6.49. The number of aryl methyl sites for hydroxylation is 2. The Morgan fingerprint density at radius 1 is 1.18 bits per heavy atom. The zero-order valence-corrected chi connectivity index (χ0v) is 16.4. The molecule has 0 radical (unpaired) electrons. The molecule has 0 unspecified atom stereocenters. The Labute approximate surface area is 163 Å². The molecule has 1 N–H and O–H groups in total. The highest BCUT2D eigenvalue weighted by Gasteiger charge is 2.17. The molecule has 0 spiro atoms. The minimum atomic E-state index is -0.649. The molecule has 0 fully saturated rings. The van der Waals surface area contributed by atoms with Gasteiger partial charge in [-0.1, -0.05) is 17.3 Å².